The number of carboxylic acids is 1. The van der Waals surface area contributed by atoms with Crippen LogP contribution in [0.1, 0.15) is 13.8 Å². The molecule has 3 N–H and O–H groups in total. The van der Waals surface area contributed by atoms with Crippen LogP contribution in [0.25, 0.3) is 0 Å². The van der Waals surface area contributed by atoms with Crippen LogP contribution in [-0.2, 0) is 9.59 Å². The SMILES string of the molecule is C[C@@H](O)[C@H]1C(=O)N2C(C(=O)O)=C(SC(=S)N3CC(O)C3)[C@H](C)[C@H]12. The normalized spacial score (nSPS) is 31.7. The number of β-lactam (4-membered cyclic amide) rings is 1. The van der Waals surface area contributed by atoms with Gasteiger partial charge in [-0.25, -0.2) is 4.79 Å². The summed E-state index contributed by atoms with van der Waals surface area (Å²) < 4.78 is 0.499. The van der Waals surface area contributed by atoms with Crippen molar-refractivity contribution in [3.05, 3.63) is 10.6 Å². The molecule has 0 aromatic rings. The van der Waals surface area contributed by atoms with Crippen molar-refractivity contribution in [3.63, 3.8) is 0 Å². The quantitative estimate of drug-likeness (QED) is 0.472. The topological polar surface area (TPSA) is 101 Å². The van der Waals surface area contributed by atoms with Crippen LogP contribution in [0.15, 0.2) is 10.6 Å². The van der Waals surface area contributed by atoms with Crippen LogP contribution in [-0.4, -0.2) is 72.7 Å². The number of thiocarbonyl (C=S) groups is 1. The van der Waals surface area contributed by atoms with Crippen molar-refractivity contribution in [3.8, 4) is 0 Å². The molecule has 0 saturated carbocycles. The lowest BCUT2D eigenvalue weighted by molar-refractivity contribution is -0.163. The zero-order chi connectivity index (χ0) is 17.0. The van der Waals surface area contributed by atoms with E-state index in [1.807, 2.05) is 6.92 Å². The fourth-order valence-corrected chi connectivity index (χ4v) is 4.91. The van der Waals surface area contributed by atoms with E-state index in [4.69, 9.17) is 12.2 Å². The van der Waals surface area contributed by atoms with Crippen LogP contribution in [0.4, 0.5) is 0 Å². The highest BCUT2D eigenvalue weighted by Crippen LogP contribution is 2.51. The molecule has 0 aromatic carbocycles. The van der Waals surface area contributed by atoms with Gasteiger partial charge in [0, 0.05) is 23.9 Å². The molecule has 3 aliphatic heterocycles. The number of aliphatic hydroxyl groups excluding tert-OH is 2. The van der Waals surface area contributed by atoms with E-state index in [0.29, 0.717) is 22.3 Å². The summed E-state index contributed by atoms with van der Waals surface area (Å²) in [6.45, 7) is 4.28. The number of thioether (sulfide) groups is 1. The second-order valence-electron chi connectivity index (χ2n) is 6.20. The minimum atomic E-state index is -1.16. The molecular formula is C14H18N2O5S2. The maximum Gasteiger partial charge on any atom is 0.353 e. The van der Waals surface area contributed by atoms with Crippen LogP contribution in [0.3, 0.4) is 0 Å². The first-order chi connectivity index (χ1) is 10.7. The number of β-amino-alcohol motifs (C(OH)–C–C–N with tert-alkyl or cyclic N) is 1. The van der Waals surface area contributed by atoms with Gasteiger partial charge in [-0.2, -0.15) is 0 Å². The Labute approximate surface area is 142 Å². The molecule has 0 unspecified atom stereocenters. The first kappa shape index (κ1) is 16.7. The lowest BCUT2D eigenvalue weighted by Crippen LogP contribution is -2.63. The van der Waals surface area contributed by atoms with Gasteiger partial charge in [0.05, 0.1) is 24.2 Å². The molecule has 3 aliphatic rings. The molecule has 0 aromatic heterocycles. The van der Waals surface area contributed by atoms with Crippen LogP contribution in [0.2, 0.25) is 0 Å². The molecule has 126 valence electrons. The highest BCUT2D eigenvalue weighted by molar-refractivity contribution is 8.25. The number of aliphatic hydroxyl groups is 2. The van der Waals surface area contributed by atoms with E-state index in [1.54, 1.807) is 11.8 Å². The Morgan fingerprint density at radius 1 is 1.43 bits per heavy atom. The molecule has 3 rings (SSSR count). The predicted molar refractivity (Wildman–Crippen MR) is 87.4 cm³/mol. The fraction of sp³-hybridized carbons (Fsp3) is 0.643. The van der Waals surface area contributed by atoms with Crippen molar-refractivity contribution in [2.75, 3.05) is 13.1 Å². The average molecular weight is 358 g/mol. The fourth-order valence-electron chi connectivity index (χ4n) is 3.42. The van der Waals surface area contributed by atoms with Gasteiger partial charge in [-0.3, -0.25) is 4.79 Å². The van der Waals surface area contributed by atoms with Gasteiger partial charge in [-0.05, 0) is 6.92 Å². The van der Waals surface area contributed by atoms with Crippen LogP contribution < -0.4 is 0 Å². The summed E-state index contributed by atoms with van der Waals surface area (Å²) in [5, 5.41) is 28.6. The van der Waals surface area contributed by atoms with Crippen LogP contribution in [0, 0.1) is 11.8 Å². The van der Waals surface area contributed by atoms with Crippen molar-refractivity contribution in [2.24, 2.45) is 11.8 Å². The molecule has 9 heteroatoms. The van der Waals surface area contributed by atoms with Gasteiger partial charge >= 0.3 is 5.97 Å². The number of amides is 1. The maximum absolute atomic E-state index is 12.2. The van der Waals surface area contributed by atoms with Gasteiger partial charge in [0.1, 0.15) is 10.0 Å². The zero-order valence-electron chi connectivity index (χ0n) is 12.7. The first-order valence-electron chi connectivity index (χ1n) is 7.37. The largest absolute Gasteiger partial charge is 0.477 e. The van der Waals surface area contributed by atoms with E-state index < -0.39 is 24.1 Å². The Bertz CT molecular complexity index is 614. The zero-order valence-corrected chi connectivity index (χ0v) is 14.3. The van der Waals surface area contributed by atoms with Gasteiger partial charge in [0.25, 0.3) is 0 Å². The predicted octanol–water partition coefficient (Wildman–Crippen LogP) is -0.165. The molecule has 0 spiro atoms. The second-order valence-corrected chi connectivity index (χ2v) is 7.87. The summed E-state index contributed by atoms with van der Waals surface area (Å²) in [4.78, 5) is 27.5. The second kappa shape index (κ2) is 5.73. The van der Waals surface area contributed by atoms with E-state index in [0.717, 1.165) is 0 Å². The Morgan fingerprint density at radius 3 is 2.52 bits per heavy atom. The number of hydrogen-bond donors (Lipinski definition) is 3. The third kappa shape index (κ3) is 2.46. The first-order valence-corrected chi connectivity index (χ1v) is 8.60. The molecule has 0 aliphatic carbocycles. The van der Waals surface area contributed by atoms with E-state index in [-0.39, 0.29) is 23.6 Å². The number of carbonyl (C=O) groups is 2. The summed E-state index contributed by atoms with van der Waals surface area (Å²) in [7, 11) is 0. The minimum Gasteiger partial charge on any atom is -0.477 e. The third-order valence-corrected chi connectivity index (χ3v) is 6.35. The molecule has 0 radical (unpaired) electrons. The van der Waals surface area contributed by atoms with Gasteiger partial charge in [0.2, 0.25) is 5.91 Å². The number of carboxylic acid groups (broad SMARTS) is 1. The van der Waals surface area contributed by atoms with E-state index >= 15 is 0 Å². The molecule has 23 heavy (non-hydrogen) atoms. The van der Waals surface area contributed by atoms with Crippen LogP contribution in [0.5, 0.6) is 0 Å². The molecule has 3 heterocycles. The molecule has 7 nitrogen and oxygen atoms in total. The van der Waals surface area contributed by atoms with Crippen LogP contribution >= 0.6 is 24.0 Å². The van der Waals surface area contributed by atoms with Crippen molar-refractivity contribution >= 4 is 40.2 Å². The monoisotopic (exact) mass is 358 g/mol. The highest BCUT2D eigenvalue weighted by Gasteiger charge is 2.60. The summed E-state index contributed by atoms with van der Waals surface area (Å²) in [6.07, 6.45) is -1.22. The molecule has 1 amide bonds. The number of nitrogens with zero attached hydrogens (tertiary/aromatic N) is 2. The number of rotatable bonds is 3. The van der Waals surface area contributed by atoms with Gasteiger partial charge in [-0.15, -0.1) is 0 Å². The number of carbonyl (C=O) groups excluding carboxylic acids is 1. The Morgan fingerprint density at radius 2 is 2.04 bits per heavy atom. The van der Waals surface area contributed by atoms with E-state index in [9.17, 15) is 24.9 Å². The molecule has 2 fully saturated rings. The summed E-state index contributed by atoms with van der Waals surface area (Å²) in [6, 6.07) is -0.333. The van der Waals surface area contributed by atoms with Crippen molar-refractivity contribution in [2.45, 2.75) is 32.1 Å². The van der Waals surface area contributed by atoms with Crippen molar-refractivity contribution in [1.82, 2.24) is 9.80 Å². The average Bonchev–Trinajstić information content (AvgIpc) is 2.65. The van der Waals surface area contributed by atoms with E-state index in [1.165, 1.54) is 16.7 Å². The molecule has 2 saturated heterocycles. The van der Waals surface area contributed by atoms with Crippen molar-refractivity contribution < 1.29 is 24.9 Å². The minimum absolute atomic E-state index is 0.0298. The standard InChI is InChI=1S/C14H18N2O5S2/c1-5-9-8(6(2)17)12(19)16(9)10(13(20)21)11(5)23-14(22)15-3-7(18)4-15/h5-9,17-18H,3-4H2,1-2H3,(H,20,21)/t5-,6-,8-,9-/m1/s1. The summed E-state index contributed by atoms with van der Waals surface area (Å²) in [5.41, 5.74) is -0.0298. The van der Waals surface area contributed by atoms with Gasteiger partial charge < -0.3 is 25.1 Å². The Kier molecular flexibility index (Phi) is 4.16. The number of hydrogen-bond acceptors (Lipinski definition) is 6. The van der Waals surface area contributed by atoms with Gasteiger partial charge in [0.15, 0.2) is 0 Å². The lowest BCUT2D eigenvalue weighted by atomic mass is 9.79. The lowest BCUT2D eigenvalue weighted by Gasteiger charge is -2.46. The molecule has 0 bridgehead atoms. The molecule has 4 atom stereocenters. The van der Waals surface area contributed by atoms with E-state index in [2.05, 4.69) is 0 Å². The highest BCUT2D eigenvalue weighted by atomic mass is 32.2. The Hall–Kier alpha value is -1.16. The number of fused-ring (bicyclic) bond motifs is 1. The number of aliphatic carboxylic acids is 1. The summed E-state index contributed by atoms with van der Waals surface area (Å²) >= 11 is 6.49. The Balaban J connectivity index is 1.84. The van der Waals surface area contributed by atoms with Crippen molar-refractivity contribution in [1.29, 1.82) is 0 Å². The molecular weight excluding hydrogens is 340 g/mol. The third-order valence-electron chi connectivity index (χ3n) is 4.63. The number of likely N-dealkylation sites (tertiary alicyclic amines) is 1. The summed E-state index contributed by atoms with van der Waals surface area (Å²) in [5.74, 6) is -2.29. The smallest absolute Gasteiger partial charge is 0.353 e. The maximum atomic E-state index is 12.2. The van der Waals surface area contributed by atoms with Gasteiger partial charge in [-0.1, -0.05) is 30.9 Å².